The molecule has 0 aliphatic heterocycles. The lowest BCUT2D eigenvalue weighted by Crippen LogP contribution is -2.46. The number of carbonyl (C=O) groups excluding carboxylic acids is 3. The third-order valence-electron chi connectivity index (χ3n) is 2.86. The van der Waals surface area contributed by atoms with Gasteiger partial charge < -0.3 is 22.1 Å². The molecular formula is C13H17N5O5. The topological polar surface area (TPSA) is 170 Å². The van der Waals surface area contributed by atoms with Gasteiger partial charge in [-0.3, -0.25) is 24.5 Å². The van der Waals surface area contributed by atoms with Gasteiger partial charge in [0.15, 0.2) is 0 Å². The van der Waals surface area contributed by atoms with Gasteiger partial charge in [0.05, 0.1) is 11.5 Å². The van der Waals surface area contributed by atoms with Crippen LogP contribution in [-0.2, 0) is 14.4 Å². The van der Waals surface area contributed by atoms with Gasteiger partial charge in [0.25, 0.3) is 5.69 Å². The Bertz CT molecular complexity index is 601. The van der Waals surface area contributed by atoms with E-state index in [9.17, 15) is 24.5 Å². The van der Waals surface area contributed by atoms with Crippen LogP contribution in [0.5, 0.6) is 0 Å². The second kappa shape index (κ2) is 8.44. The molecule has 0 saturated carbocycles. The van der Waals surface area contributed by atoms with E-state index in [0.29, 0.717) is 5.69 Å². The molecule has 10 heteroatoms. The lowest BCUT2D eigenvalue weighted by molar-refractivity contribution is -0.384. The normalized spacial score (nSPS) is 11.3. The largest absolute Gasteiger partial charge is 0.370 e. The number of nitrogens with one attached hydrogen (secondary N) is 2. The summed E-state index contributed by atoms with van der Waals surface area (Å²) in [4.78, 5) is 44.3. The number of non-ortho nitro benzene ring substituents is 1. The molecule has 0 fully saturated rings. The highest BCUT2D eigenvalue weighted by Crippen LogP contribution is 2.15. The summed E-state index contributed by atoms with van der Waals surface area (Å²) in [7, 11) is 0. The smallest absolute Gasteiger partial charge is 0.269 e. The number of primary amides is 1. The highest BCUT2D eigenvalue weighted by atomic mass is 16.6. The number of hydrogen-bond donors (Lipinski definition) is 4. The van der Waals surface area contributed by atoms with Crippen molar-refractivity contribution in [3.63, 3.8) is 0 Å². The highest BCUT2D eigenvalue weighted by molar-refractivity contribution is 5.97. The summed E-state index contributed by atoms with van der Waals surface area (Å²) in [6.45, 7) is -0.308. The molecule has 1 rings (SSSR count). The first-order valence-corrected chi connectivity index (χ1v) is 6.66. The Morgan fingerprint density at radius 2 is 1.83 bits per heavy atom. The summed E-state index contributed by atoms with van der Waals surface area (Å²) < 4.78 is 0. The summed E-state index contributed by atoms with van der Waals surface area (Å²) in [5, 5.41) is 15.4. The minimum atomic E-state index is -0.992. The maximum atomic E-state index is 12.1. The molecule has 1 atom stereocenters. The zero-order chi connectivity index (χ0) is 17.4. The molecule has 0 heterocycles. The number of benzene rings is 1. The van der Waals surface area contributed by atoms with Crippen molar-refractivity contribution in [2.24, 2.45) is 11.5 Å². The molecule has 23 heavy (non-hydrogen) atoms. The number of hydrogen-bond acceptors (Lipinski definition) is 6. The fourth-order valence-corrected chi connectivity index (χ4v) is 1.70. The molecule has 0 spiro atoms. The minimum Gasteiger partial charge on any atom is -0.370 e. The van der Waals surface area contributed by atoms with Crippen LogP contribution in [0.1, 0.15) is 12.8 Å². The van der Waals surface area contributed by atoms with Gasteiger partial charge in [0.1, 0.15) is 6.04 Å². The number of anilines is 1. The van der Waals surface area contributed by atoms with Crippen LogP contribution < -0.4 is 22.1 Å². The number of nitrogens with two attached hydrogens (primary N) is 2. The SMILES string of the molecule is NCC(=O)N[C@@H](CCC(N)=O)C(=O)Nc1ccc([N+](=O)[O-])cc1. The van der Waals surface area contributed by atoms with Crippen molar-refractivity contribution < 1.29 is 19.3 Å². The lowest BCUT2D eigenvalue weighted by Gasteiger charge is -2.17. The van der Waals surface area contributed by atoms with Gasteiger partial charge >= 0.3 is 0 Å². The predicted octanol–water partition coefficient (Wildman–Crippen LogP) is -0.758. The number of amides is 3. The van der Waals surface area contributed by atoms with Crippen LogP contribution in [0.4, 0.5) is 11.4 Å². The highest BCUT2D eigenvalue weighted by Gasteiger charge is 2.21. The molecule has 0 bridgehead atoms. The van der Waals surface area contributed by atoms with Crippen molar-refractivity contribution >= 4 is 29.1 Å². The second-order valence-electron chi connectivity index (χ2n) is 4.62. The number of nitro groups is 1. The van der Waals surface area contributed by atoms with Crippen molar-refractivity contribution in [3.05, 3.63) is 34.4 Å². The van der Waals surface area contributed by atoms with E-state index in [-0.39, 0.29) is 25.1 Å². The zero-order valence-corrected chi connectivity index (χ0v) is 12.2. The summed E-state index contributed by atoms with van der Waals surface area (Å²) in [6, 6.07) is 4.17. The number of nitrogens with zero attached hydrogens (tertiary/aromatic N) is 1. The fourth-order valence-electron chi connectivity index (χ4n) is 1.70. The van der Waals surface area contributed by atoms with Crippen molar-refractivity contribution in [3.8, 4) is 0 Å². The van der Waals surface area contributed by atoms with E-state index in [1.165, 1.54) is 24.3 Å². The van der Waals surface area contributed by atoms with Crippen LogP contribution in [0.2, 0.25) is 0 Å². The Morgan fingerprint density at radius 3 is 2.30 bits per heavy atom. The van der Waals surface area contributed by atoms with Gasteiger partial charge in [-0.25, -0.2) is 0 Å². The van der Waals surface area contributed by atoms with Crippen molar-refractivity contribution in [2.45, 2.75) is 18.9 Å². The van der Waals surface area contributed by atoms with E-state index >= 15 is 0 Å². The van der Waals surface area contributed by atoms with E-state index in [1.54, 1.807) is 0 Å². The minimum absolute atomic E-state index is 0.0138. The Morgan fingerprint density at radius 1 is 1.22 bits per heavy atom. The van der Waals surface area contributed by atoms with Crippen molar-refractivity contribution in [2.75, 3.05) is 11.9 Å². The van der Waals surface area contributed by atoms with Gasteiger partial charge in [-0.2, -0.15) is 0 Å². The van der Waals surface area contributed by atoms with E-state index in [0.717, 1.165) is 0 Å². The van der Waals surface area contributed by atoms with Crippen LogP contribution in [0.3, 0.4) is 0 Å². The maximum Gasteiger partial charge on any atom is 0.269 e. The van der Waals surface area contributed by atoms with E-state index < -0.39 is 28.7 Å². The maximum absolute atomic E-state index is 12.1. The molecule has 124 valence electrons. The Labute approximate surface area is 131 Å². The average Bonchev–Trinajstić information content (AvgIpc) is 2.51. The van der Waals surface area contributed by atoms with Gasteiger partial charge in [0.2, 0.25) is 17.7 Å². The van der Waals surface area contributed by atoms with Crippen LogP contribution >= 0.6 is 0 Å². The summed E-state index contributed by atoms with van der Waals surface area (Å²) in [5.41, 5.74) is 10.4. The van der Waals surface area contributed by atoms with Crippen molar-refractivity contribution in [1.29, 1.82) is 0 Å². The molecule has 3 amide bonds. The first kappa shape index (κ1) is 18.0. The van der Waals surface area contributed by atoms with Crippen molar-refractivity contribution in [1.82, 2.24) is 5.32 Å². The van der Waals surface area contributed by atoms with Gasteiger partial charge in [0, 0.05) is 24.2 Å². The molecular weight excluding hydrogens is 306 g/mol. The van der Waals surface area contributed by atoms with Crippen LogP contribution in [0.15, 0.2) is 24.3 Å². The first-order valence-electron chi connectivity index (χ1n) is 6.66. The van der Waals surface area contributed by atoms with E-state index in [4.69, 9.17) is 11.5 Å². The first-order chi connectivity index (χ1) is 10.8. The third-order valence-corrected chi connectivity index (χ3v) is 2.86. The third kappa shape index (κ3) is 6.09. The predicted molar refractivity (Wildman–Crippen MR) is 81.1 cm³/mol. The summed E-state index contributed by atoms with van der Waals surface area (Å²) in [5.74, 6) is -1.75. The lowest BCUT2D eigenvalue weighted by atomic mass is 10.1. The van der Waals surface area contributed by atoms with Crippen LogP contribution in [0, 0.1) is 10.1 Å². The molecule has 10 nitrogen and oxygen atoms in total. The Balaban J connectivity index is 2.76. The Hall–Kier alpha value is -3.01. The molecule has 0 aliphatic rings. The van der Waals surface area contributed by atoms with E-state index in [1.807, 2.05) is 0 Å². The monoisotopic (exact) mass is 323 g/mol. The number of carbonyl (C=O) groups is 3. The molecule has 1 aromatic carbocycles. The molecule has 0 aromatic heterocycles. The fraction of sp³-hybridized carbons (Fsp3) is 0.308. The van der Waals surface area contributed by atoms with Gasteiger partial charge in [-0.15, -0.1) is 0 Å². The number of rotatable bonds is 8. The van der Waals surface area contributed by atoms with Crippen LogP contribution in [-0.4, -0.2) is 35.2 Å². The summed E-state index contributed by atoms with van der Waals surface area (Å²) in [6.07, 6.45) is -0.0803. The molecule has 0 radical (unpaired) electrons. The quantitative estimate of drug-likeness (QED) is 0.362. The van der Waals surface area contributed by atoms with Crippen LogP contribution in [0.25, 0.3) is 0 Å². The van der Waals surface area contributed by atoms with Gasteiger partial charge in [-0.1, -0.05) is 0 Å². The average molecular weight is 323 g/mol. The molecule has 0 unspecified atom stereocenters. The molecule has 6 N–H and O–H groups in total. The Kier molecular flexibility index (Phi) is 6.62. The zero-order valence-electron chi connectivity index (χ0n) is 12.2. The molecule has 1 aromatic rings. The molecule has 0 saturated heterocycles. The second-order valence-corrected chi connectivity index (χ2v) is 4.62. The molecule has 0 aliphatic carbocycles. The van der Waals surface area contributed by atoms with Gasteiger partial charge in [-0.05, 0) is 18.6 Å². The summed E-state index contributed by atoms with van der Waals surface area (Å²) >= 11 is 0. The standard InChI is InChI=1S/C13H17N5O5/c14-7-12(20)17-10(5-6-11(15)19)13(21)16-8-1-3-9(4-2-8)18(22)23/h1-4,10H,5-7,14H2,(H2,15,19)(H,16,21)(H,17,20)/t10-/m0/s1. The van der Waals surface area contributed by atoms with E-state index in [2.05, 4.69) is 10.6 Å². The number of nitro benzene ring substituents is 1.